The number of hydrogen-bond donors (Lipinski definition) is 2. The number of nitrogens with zero attached hydrogens (tertiary/aromatic N) is 2. The zero-order valence-electron chi connectivity index (χ0n) is 17.2. The summed E-state index contributed by atoms with van der Waals surface area (Å²) in [6, 6.07) is 9.05. The van der Waals surface area contributed by atoms with E-state index in [1.165, 1.54) is 37.2 Å². The van der Waals surface area contributed by atoms with Gasteiger partial charge in [-0.25, -0.2) is 0 Å². The van der Waals surface area contributed by atoms with Crippen LogP contribution < -0.4 is 15.5 Å². The van der Waals surface area contributed by atoms with E-state index in [2.05, 4.69) is 51.7 Å². The quantitative estimate of drug-likeness (QED) is 0.353. The second-order valence-corrected chi connectivity index (χ2v) is 6.97. The molecule has 0 amide bonds. The van der Waals surface area contributed by atoms with E-state index in [4.69, 9.17) is 9.47 Å². The maximum absolute atomic E-state index is 5.48. The summed E-state index contributed by atoms with van der Waals surface area (Å²) < 4.78 is 10.4. The normalized spacial score (nSPS) is 15.8. The smallest absolute Gasteiger partial charge is 0.191 e. The molecule has 1 unspecified atom stereocenters. The fourth-order valence-corrected chi connectivity index (χ4v) is 3.23. The molecule has 152 valence electrons. The zero-order chi connectivity index (χ0) is 19.3. The van der Waals surface area contributed by atoms with Crippen LogP contribution in [0.15, 0.2) is 29.3 Å². The van der Waals surface area contributed by atoms with E-state index in [9.17, 15) is 0 Å². The predicted octanol–water partition coefficient (Wildman–Crippen LogP) is 2.96. The molecule has 1 aromatic rings. The Morgan fingerprint density at radius 3 is 2.74 bits per heavy atom. The molecule has 0 spiro atoms. The number of unbranched alkanes of at least 4 members (excludes halogenated alkanes) is 1. The molecule has 2 N–H and O–H groups in total. The third-order valence-corrected chi connectivity index (χ3v) is 4.86. The predicted molar refractivity (Wildman–Crippen MR) is 113 cm³/mol. The van der Waals surface area contributed by atoms with Crippen LogP contribution in [0.3, 0.4) is 0 Å². The van der Waals surface area contributed by atoms with Crippen LogP contribution >= 0.6 is 0 Å². The number of benzene rings is 1. The molecule has 0 bridgehead atoms. The third kappa shape index (κ3) is 7.77. The first kappa shape index (κ1) is 21.5. The molecule has 0 aromatic heterocycles. The Bertz CT molecular complexity index is 559. The number of guanidine groups is 1. The summed E-state index contributed by atoms with van der Waals surface area (Å²) in [6.45, 7) is 7.50. The fourth-order valence-electron chi connectivity index (χ4n) is 3.23. The molecule has 27 heavy (non-hydrogen) atoms. The van der Waals surface area contributed by atoms with Crippen molar-refractivity contribution in [2.75, 3.05) is 58.5 Å². The summed E-state index contributed by atoms with van der Waals surface area (Å²) in [5.41, 5.74) is 2.61. The van der Waals surface area contributed by atoms with Crippen molar-refractivity contribution in [3.05, 3.63) is 29.8 Å². The van der Waals surface area contributed by atoms with Crippen molar-refractivity contribution in [2.24, 2.45) is 4.99 Å². The zero-order valence-corrected chi connectivity index (χ0v) is 17.2. The van der Waals surface area contributed by atoms with Crippen molar-refractivity contribution in [1.82, 2.24) is 10.6 Å². The molecule has 1 heterocycles. The fraction of sp³-hybridized carbons (Fsp3) is 0.667. The van der Waals surface area contributed by atoms with Crippen LogP contribution in [0.2, 0.25) is 0 Å². The number of methoxy groups -OCH3 is 1. The first-order valence-electron chi connectivity index (χ1n) is 10.1. The molecule has 2 rings (SSSR count). The van der Waals surface area contributed by atoms with Gasteiger partial charge >= 0.3 is 0 Å². The number of hydrogen-bond acceptors (Lipinski definition) is 4. The summed E-state index contributed by atoms with van der Waals surface area (Å²) in [5, 5.41) is 6.88. The SMILES string of the molecule is CN=C(NCCCCOCCOC)NC(C)c1cccc(N2CCCC2)c1. The third-order valence-electron chi connectivity index (χ3n) is 4.86. The monoisotopic (exact) mass is 376 g/mol. The summed E-state index contributed by atoms with van der Waals surface area (Å²) in [7, 11) is 3.51. The van der Waals surface area contributed by atoms with Crippen molar-refractivity contribution in [3.8, 4) is 0 Å². The lowest BCUT2D eigenvalue weighted by molar-refractivity contribution is 0.0689. The van der Waals surface area contributed by atoms with E-state index in [-0.39, 0.29) is 6.04 Å². The maximum Gasteiger partial charge on any atom is 0.191 e. The van der Waals surface area contributed by atoms with Gasteiger partial charge in [-0.1, -0.05) is 12.1 Å². The molecule has 0 radical (unpaired) electrons. The molecule has 1 fully saturated rings. The number of nitrogens with one attached hydrogen (secondary N) is 2. The lowest BCUT2D eigenvalue weighted by atomic mass is 10.1. The highest BCUT2D eigenvalue weighted by atomic mass is 16.5. The maximum atomic E-state index is 5.48. The van der Waals surface area contributed by atoms with Crippen LogP contribution in [0.4, 0.5) is 5.69 Å². The first-order valence-corrected chi connectivity index (χ1v) is 10.1. The largest absolute Gasteiger partial charge is 0.382 e. The molecule has 1 saturated heterocycles. The number of aliphatic imine (C=N–C) groups is 1. The highest BCUT2D eigenvalue weighted by Crippen LogP contribution is 2.23. The lowest BCUT2D eigenvalue weighted by Crippen LogP contribution is -2.39. The second-order valence-electron chi connectivity index (χ2n) is 6.97. The number of rotatable bonds is 11. The minimum absolute atomic E-state index is 0.205. The van der Waals surface area contributed by atoms with Crippen LogP contribution in [0.5, 0.6) is 0 Å². The van der Waals surface area contributed by atoms with Gasteiger partial charge in [0.15, 0.2) is 5.96 Å². The van der Waals surface area contributed by atoms with Crippen LogP contribution in [0.1, 0.15) is 44.2 Å². The van der Waals surface area contributed by atoms with Crippen LogP contribution in [0.25, 0.3) is 0 Å². The molecule has 1 atom stereocenters. The highest BCUT2D eigenvalue weighted by molar-refractivity contribution is 5.80. The van der Waals surface area contributed by atoms with Crippen LogP contribution in [-0.4, -0.2) is 59.6 Å². The lowest BCUT2D eigenvalue weighted by Gasteiger charge is -2.22. The average Bonchev–Trinajstić information content (AvgIpc) is 3.24. The minimum atomic E-state index is 0.205. The summed E-state index contributed by atoms with van der Waals surface area (Å²) in [5.74, 6) is 0.842. The standard InChI is InChI=1S/C21H36N4O2/c1-18(19-9-8-10-20(17-19)25-12-5-6-13-25)24-21(22-2)23-11-4-7-14-27-16-15-26-3/h8-10,17-18H,4-7,11-16H2,1-3H3,(H2,22,23,24). The molecule has 0 saturated carbocycles. The van der Waals surface area contributed by atoms with E-state index in [0.717, 1.165) is 32.0 Å². The van der Waals surface area contributed by atoms with Gasteiger partial charge in [0.2, 0.25) is 0 Å². The van der Waals surface area contributed by atoms with E-state index in [1.807, 2.05) is 7.05 Å². The topological polar surface area (TPSA) is 58.1 Å². The molecule has 1 aliphatic rings. The highest BCUT2D eigenvalue weighted by Gasteiger charge is 2.14. The Balaban J connectivity index is 1.71. The summed E-state index contributed by atoms with van der Waals surface area (Å²) >= 11 is 0. The average molecular weight is 377 g/mol. The van der Waals surface area contributed by atoms with Gasteiger partial charge in [0.05, 0.1) is 19.3 Å². The molecule has 0 aliphatic carbocycles. The van der Waals surface area contributed by atoms with E-state index >= 15 is 0 Å². The summed E-state index contributed by atoms with van der Waals surface area (Å²) in [4.78, 5) is 6.82. The molecular weight excluding hydrogens is 340 g/mol. The van der Waals surface area contributed by atoms with E-state index < -0.39 is 0 Å². The van der Waals surface area contributed by atoms with Crippen LogP contribution in [-0.2, 0) is 9.47 Å². The van der Waals surface area contributed by atoms with Gasteiger partial charge < -0.3 is 25.0 Å². The van der Waals surface area contributed by atoms with Gasteiger partial charge in [0.1, 0.15) is 0 Å². The molecule has 1 aliphatic heterocycles. The van der Waals surface area contributed by atoms with Gasteiger partial charge in [-0.15, -0.1) is 0 Å². The molecular formula is C21H36N4O2. The Labute approximate surface area is 164 Å². The van der Waals surface area contributed by atoms with Crippen molar-refractivity contribution >= 4 is 11.6 Å². The summed E-state index contributed by atoms with van der Waals surface area (Å²) in [6.07, 6.45) is 4.67. The van der Waals surface area contributed by atoms with E-state index in [0.29, 0.717) is 13.2 Å². The van der Waals surface area contributed by atoms with Crippen LogP contribution in [0, 0.1) is 0 Å². The van der Waals surface area contributed by atoms with Gasteiger partial charge in [-0.3, -0.25) is 4.99 Å². The minimum Gasteiger partial charge on any atom is -0.382 e. The second kappa shape index (κ2) is 12.6. The first-order chi connectivity index (χ1) is 13.2. The van der Waals surface area contributed by atoms with Gasteiger partial charge in [0.25, 0.3) is 0 Å². The van der Waals surface area contributed by atoms with Gasteiger partial charge in [-0.05, 0) is 50.3 Å². The Morgan fingerprint density at radius 1 is 1.19 bits per heavy atom. The number of anilines is 1. The Hall–Kier alpha value is -1.79. The van der Waals surface area contributed by atoms with Crippen molar-refractivity contribution < 1.29 is 9.47 Å². The molecule has 1 aromatic carbocycles. The Morgan fingerprint density at radius 2 is 2.00 bits per heavy atom. The van der Waals surface area contributed by atoms with E-state index in [1.54, 1.807) is 7.11 Å². The Kier molecular flexibility index (Phi) is 10.0. The number of ether oxygens (including phenoxy) is 2. The van der Waals surface area contributed by atoms with Crippen molar-refractivity contribution in [3.63, 3.8) is 0 Å². The van der Waals surface area contributed by atoms with Gasteiger partial charge in [-0.2, -0.15) is 0 Å². The van der Waals surface area contributed by atoms with Gasteiger partial charge in [0, 0.05) is 46.1 Å². The molecule has 6 heteroatoms. The van der Waals surface area contributed by atoms with Crippen molar-refractivity contribution in [1.29, 1.82) is 0 Å². The van der Waals surface area contributed by atoms with Crippen molar-refractivity contribution in [2.45, 2.75) is 38.6 Å². The molecule has 6 nitrogen and oxygen atoms in total.